The van der Waals surface area contributed by atoms with Crippen molar-refractivity contribution in [1.29, 1.82) is 0 Å². The van der Waals surface area contributed by atoms with Crippen molar-refractivity contribution >= 4 is 11.9 Å². The summed E-state index contributed by atoms with van der Waals surface area (Å²) in [5, 5.41) is 10.1. The number of carbonyl (C=O) groups excluding carboxylic acids is 2. The molecule has 0 saturated carbocycles. The number of amides is 3. The molecular weight excluding hydrogens is 294 g/mol. The topological polar surface area (TPSA) is 79.3 Å². The minimum Gasteiger partial charge on any atom is -0.353 e. The van der Waals surface area contributed by atoms with Crippen molar-refractivity contribution < 1.29 is 9.59 Å². The van der Waals surface area contributed by atoms with E-state index in [1.54, 1.807) is 10.9 Å². The van der Waals surface area contributed by atoms with Crippen LogP contribution in [0.4, 0.5) is 4.79 Å². The van der Waals surface area contributed by atoms with Crippen molar-refractivity contribution in [1.82, 2.24) is 25.3 Å². The third-order valence-electron chi connectivity index (χ3n) is 3.76. The van der Waals surface area contributed by atoms with Crippen LogP contribution in [0.3, 0.4) is 0 Å². The van der Waals surface area contributed by atoms with Gasteiger partial charge in [-0.15, -0.1) is 0 Å². The second-order valence-corrected chi connectivity index (χ2v) is 7.03. The van der Waals surface area contributed by atoms with Crippen LogP contribution in [-0.4, -0.2) is 51.3 Å². The van der Waals surface area contributed by atoms with E-state index in [0.717, 1.165) is 12.8 Å². The summed E-state index contributed by atoms with van der Waals surface area (Å²) in [4.78, 5) is 25.9. The first kappa shape index (κ1) is 17.3. The summed E-state index contributed by atoms with van der Waals surface area (Å²) >= 11 is 0. The van der Waals surface area contributed by atoms with E-state index in [-0.39, 0.29) is 23.5 Å². The van der Waals surface area contributed by atoms with Gasteiger partial charge in [0.15, 0.2) is 0 Å². The summed E-state index contributed by atoms with van der Waals surface area (Å²) < 4.78 is 1.75. The van der Waals surface area contributed by atoms with E-state index in [2.05, 4.69) is 15.7 Å². The van der Waals surface area contributed by atoms with Gasteiger partial charge in [-0.1, -0.05) is 0 Å². The first-order valence-corrected chi connectivity index (χ1v) is 8.17. The first-order chi connectivity index (χ1) is 10.8. The molecule has 23 heavy (non-hydrogen) atoms. The molecule has 1 fully saturated rings. The van der Waals surface area contributed by atoms with Crippen LogP contribution in [0, 0.1) is 0 Å². The highest BCUT2D eigenvalue weighted by molar-refractivity contribution is 5.76. The lowest BCUT2D eigenvalue weighted by Crippen LogP contribution is -2.53. The molecule has 1 aromatic heterocycles. The Morgan fingerprint density at radius 3 is 2.52 bits per heavy atom. The van der Waals surface area contributed by atoms with Gasteiger partial charge in [0.25, 0.3) is 0 Å². The molecule has 1 saturated heterocycles. The largest absolute Gasteiger partial charge is 0.353 e. The molecule has 0 aromatic carbocycles. The molecule has 1 aliphatic heterocycles. The van der Waals surface area contributed by atoms with Crippen molar-refractivity contribution in [3.8, 4) is 0 Å². The van der Waals surface area contributed by atoms with Crippen LogP contribution in [-0.2, 0) is 11.3 Å². The van der Waals surface area contributed by atoms with Crippen LogP contribution in [0.5, 0.6) is 0 Å². The SMILES string of the molecule is CC(C)(C)NC(=O)N1CCC(NC(=O)CCn2cccn2)CC1. The molecular formula is C16H27N5O2. The Balaban J connectivity index is 1.68. The molecule has 0 aliphatic carbocycles. The van der Waals surface area contributed by atoms with E-state index in [0.29, 0.717) is 26.1 Å². The Morgan fingerprint density at radius 2 is 1.96 bits per heavy atom. The highest BCUT2D eigenvalue weighted by Crippen LogP contribution is 2.12. The Labute approximate surface area is 137 Å². The minimum atomic E-state index is -0.228. The third kappa shape index (κ3) is 5.92. The summed E-state index contributed by atoms with van der Waals surface area (Å²) in [6.07, 6.45) is 5.57. The molecule has 1 aliphatic rings. The van der Waals surface area contributed by atoms with Crippen molar-refractivity contribution in [3.05, 3.63) is 18.5 Å². The standard InChI is InChI=1S/C16H27N5O2/c1-16(2,3)19-15(23)20-10-5-13(6-11-20)18-14(22)7-12-21-9-4-8-17-21/h4,8-9,13H,5-7,10-12H2,1-3H3,(H,18,22)(H,19,23). The van der Waals surface area contributed by atoms with E-state index < -0.39 is 0 Å². The molecule has 0 unspecified atom stereocenters. The van der Waals surface area contributed by atoms with Gasteiger partial charge in [-0.2, -0.15) is 5.10 Å². The van der Waals surface area contributed by atoms with Gasteiger partial charge in [0.2, 0.25) is 5.91 Å². The number of aromatic nitrogens is 2. The normalized spacial score (nSPS) is 16.2. The van der Waals surface area contributed by atoms with Gasteiger partial charge in [0.05, 0.1) is 0 Å². The lowest BCUT2D eigenvalue weighted by atomic mass is 10.0. The number of likely N-dealkylation sites (tertiary alicyclic amines) is 1. The molecule has 0 atom stereocenters. The maximum Gasteiger partial charge on any atom is 0.317 e. The fraction of sp³-hybridized carbons (Fsp3) is 0.688. The molecule has 1 aromatic rings. The summed E-state index contributed by atoms with van der Waals surface area (Å²) in [7, 11) is 0. The molecule has 128 valence electrons. The fourth-order valence-electron chi connectivity index (χ4n) is 2.58. The van der Waals surface area contributed by atoms with Crippen LogP contribution in [0.15, 0.2) is 18.5 Å². The number of aryl methyl sites for hydroxylation is 1. The number of hydrogen-bond acceptors (Lipinski definition) is 3. The summed E-state index contributed by atoms with van der Waals surface area (Å²) in [5.74, 6) is 0.0399. The van der Waals surface area contributed by atoms with Gasteiger partial charge in [-0.25, -0.2) is 4.79 Å². The smallest absolute Gasteiger partial charge is 0.317 e. The average molecular weight is 321 g/mol. The maximum absolute atomic E-state index is 12.1. The molecule has 2 N–H and O–H groups in total. The first-order valence-electron chi connectivity index (χ1n) is 8.17. The minimum absolute atomic E-state index is 0.0269. The fourth-order valence-corrected chi connectivity index (χ4v) is 2.58. The molecule has 0 radical (unpaired) electrons. The Hall–Kier alpha value is -2.05. The predicted molar refractivity (Wildman–Crippen MR) is 87.9 cm³/mol. The number of nitrogens with zero attached hydrogens (tertiary/aromatic N) is 3. The second kappa shape index (κ2) is 7.48. The second-order valence-electron chi connectivity index (χ2n) is 7.03. The van der Waals surface area contributed by atoms with Gasteiger partial charge < -0.3 is 15.5 Å². The van der Waals surface area contributed by atoms with Crippen LogP contribution in [0.1, 0.15) is 40.0 Å². The van der Waals surface area contributed by atoms with Gasteiger partial charge >= 0.3 is 6.03 Å². The van der Waals surface area contributed by atoms with Crippen LogP contribution < -0.4 is 10.6 Å². The maximum atomic E-state index is 12.1. The van der Waals surface area contributed by atoms with Crippen molar-refractivity contribution in [3.63, 3.8) is 0 Å². The van der Waals surface area contributed by atoms with E-state index in [4.69, 9.17) is 0 Å². The Morgan fingerprint density at radius 1 is 1.26 bits per heavy atom. The zero-order valence-corrected chi connectivity index (χ0v) is 14.2. The molecule has 0 spiro atoms. The van der Waals surface area contributed by atoms with Crippen molar-refractivity contribution in [2.75, 3.05) is 13.1 Å². The molecule has 0 bridgehead atoms. The lowest BCUT2D eigenvalue weighted by Gasteiger charge is -2.34. The molecule has 2 rings (SSSR count). The van der Waals surface area contributed by atoms with Crippen LogP contribution >= 0.6 is 0 Å². The Kier molecular flexibility index (Phi) is 5.63. The van der Waals surface area contributed by atoms with Gasteiger partial charge in [0.1, 0.15) is 0 Å². The zero-order chi connectivity index (χ0) is 16.9. The van der Waals surface area contributed by atoms with E-state index in [9.17, 15) is 9.59 Å². The number of urea groups is 1. The summed E-state index contributed by atoms with van der Waals surface area (Å²) in [6.45, 7) is 7.84. The number of rotatable bonds is 4. The molecule has 2 heterocycles. The van der Waals surface area contributed by atoms with Gasteiger partial charge in [0, 0.05) is 50.0 Å². The number of carbonyl (C=O) groups is 2. The lowest BCUT2D eigenvalue weighted by molar-refractivity contribution is -0.122. The number of hydrogen-bond donors (Lipinski definition) is 2. The number of piperidine rings is 1. The monoisotopic (exact) mass is 321 g/mol. The van der Waals surface area contributed by atoms with Gasteiger partial charge in [-0.3, -0.25) is 9.48 Å². The van der Waals surface area contributed by atoms with Gasteiger partial charge in [-0.05, 0) is 39.7 Å². The highest BCUT2D eigenvalue weighted by atomic mass is 16.2. The van der Waals surface area contributed by atoms with Crippen molar-refractivity contribution in [2.24, 2.45) is 0 Å². The van der Waals surface area contributed by atoms with Crippen LogP contribution in [0.2, 0.25) is 0 Å². The Bertz CT molecular complexity index is 513. The summed E-state index contributed by atoms with van der Waals surface area (Å²) in [6, 6.07) is 1.97. The summed E-state index contributed by atoms with van der Waals surface area (Å²) in [5.41, 5.74) is -0.228. The highest BCUT2D eigenvalue weighted by Gasteiger charge is 2.25. The van der Waals surface area contributed by atoms with E-state index in [1.165, 1.54) is 0 Å². The predicted octanol–water partition coefficient (Wildman–Crippen LogP) is 1.36. The van der Waals surface area contributed by atoms with Crippen molar-refractivity contribution in [2.45, 2.75) is 58.2 Å². The van der Waals surface area contributed by atoms with E-state index in [1.807, 2.05) is 37.9 Å². The molecule has 7 nitrogen and oxygen atoms in total. The number of nitrogens with one attached hydrogen (secondary N) is 2. The quantitative estimate of drug-likeness (QED) is 0.879. The third-order valence-corrected chi connectivity index (χ3v) is 3.76. The zero-order valence-electron chi connectivity index (χ0n) is 14.2. The molecule has 7 heteroatoms. The average Bonchev–Trinajstić information content (AvgIpc) is 2.97. The molecule has 3 amide bonds. The van der Waals surface area contributed by atoms with E-state index >= 15 is 0 Å². The van der Waals surface area contributed by atoms with Crippen LogP contribution in [0.25, 0.3) is 0 Å².